The second kappa shape index (κ2) is 12.8. The summed E-state index contributed by atoms with van der Waals surface area (Å²) in [5, 5.41) is 0.833. The summed E-state index contributed by atoms with van der Waals surface area (Å²) in [5.41, 5.74) is 2.75. The second-order valence-corrected chi connectivity index (χ2v) is 10.8. The fourth-order valence-electron chi connectivity index (χ4n) is 6.47. The summed E-state index contributed by atoms with van der Waals surface area (Å²) in [5.74, 6) is 1.29. The van der Waals surface area contributed by atoms with Gasteiger partial charge in [-0.15, -0.1) is 0 Å². The molecular formula is C32H40N2O5. The highest BCUT2D eigenvalue weighted by molar-refractivity contribution is 5.94. The van der Waals surface area contributed by atoms with Gasteiger partial charge >= 0.3 is 5.63 Å². The van der Waals surface area contributed by atoms with Crippen LogP contribution in [0.15, 0.2) is 57.7 Å². The highest BCUT2D eigenvalue weighted by Gasteiger charge is 2.34. The Morgan fingerprint density at radius 3 is 2.67 bits per heavy atom. The lowest BCUT2D eigenvalue weighted by atomic mass is 9.83. The van der Waals surface area contributed by atoms with Gasteiger partial charge in [0.05, 0.1) is 13.7 Å². The van der Waals surface area contributed by atoms with Gasteiger partial charge in [0.2, 0.25) is 5.91 Å². The van der Waals surface area contributed by atoms with Gasteiger partial charge in [-0.3, -0.25) is 4.79 Å². The summed E-state index contributed by atoms with van der Waals surface area (Å²) < 4.78 is 16.6. The molecule has 2 aromatic carbocycles. The summed E-state index contributed by atoms with van der Waals surface area (Å²) >= 11 is 0. The third-order valence-electron chi connectivity index (χ3n) is 8.44. The monoisotopic (exact) mass is 532 g/mol. The Hall–Kier alpha value is -3.16. The van der Waals surface area contributed by atoms with E-state index in [-0.39, 0.29) is 5.91 Å². The lowest BCUT2D eigenvalue weighted by Crippen LogP contribution is -2.52. The molecule has 5 rings (SSSR count). The van der Waals surface area contributed by atoms with Crippen LogP contribution in [0.2, 0.25) is 0 Å². The average molecular weight is 533 g/mol. The van der Waals surface area contributed by atoms with Gasteiger partial charge in [-0.2, -0.15) is 0 Å². The molecule has 208 valence electrons. The number of carbonyl (C=O) groups is 1. The Bertz CT molecular complexity index is 1320. The number of benzene rings is 2. The van der Waals surface area contributed by atoms with Gasteiger partial charge in [0, 0.05) is 50.2 Å². The van der Waals surface area contributed by atoms with Gasteiger partial charge < -0.3 is 23.7 Å². The molecule has 0 aliphatic carbocycles. The molecule has 0 spiro atoms. The predicted molar refractivity (Wildman–Crippen MR) is 153 cm³/mol. The maximum absolute atomic E-state index is 13.6. The molecule has 2 aliphatic heterocycles. The van der Waals surface area contributed by atoms with E-state index in [4.69, 9.17) is 13.9 Å². The molecule has 0 N–H and O–H groups in total. The number of nitrogens with zero attached hydrogens (tertiary/aromatic N) is 2. The first-order valence-corrected chi connectivity index (χ1v) is 14.3. The van der Waals surface area contributed by atoms with E-state index in [0.29, 0.717) is 49.3 Å². The lowest BCUT2D eigenvalue weighted by Gasteiger charge is -2.45. The molecule has 0 bridgehead atoms. The minimum Gasteiger partial charge on any atom is -0.496 e. The van der Waals surface area contributed by atoms with Crippen molar-refractivity contribution in [1.29, 1.82) is 0 Å². The number of hydrogen-bond donors (Lipinski definition) is 0. The number of piperidine rings is 2. The minimum atomic E-state index is -0.403. The van der Waals surface area contributed by atoms with Crippen molar-refractivity contribution in [3.8, 4) is 16.9 Å². The molecule has 7 heteroatoms. The van der Waals surface area contributed by atoms with Crippen LogP contribution in [0.1, 0.15) is 44.1 Å². The predicted octanol–water partition coefficient (Wildman–Crippen LogP) is 5.14. The summed E-state index contributed by atoms with van der Waals surface area (Å²) in [6, 6.07) is 15.7. The molecule has 0 unspecified atom stereocenters. The zero-order valence-corrected chi connectivity index (χ0v) is 23.2. The topological polar surface area (TPSA) is 72.2 Å². The molecule has 39 heavy (non-hydrogen) atoms. The van der Waals surface area contributed by atoms with E-state index in [1.807, 2.05) is 41.3 Å². The Labute approximate surface area is 230 Å². The number of amides is 1. The fraction of sp³-hybridized carbons (Fsp3) is 0.500. The van der Waals surface area contributed by atoms with Crippen molar-refractivity contribution in [1.82, 2.24) is 9.80 Å². The van der Waals surface area contributed by atoms with Gasteiger partial charge in [-0.25, -0.2) is 4.79 Å². The van der Waals surface area contributed by atoms with E-state index in [1.165, 1.54) is 51.3 Å². The largest absolute Gasteiger partial charge is 0.496 e. The van der Waals surface area contributed by atoms with Crippen molar-refractivity contribution < 1.29 is 18.7 Å². The summed E-state index contributed by atoms with van der Waals surface area (Å²) in [6.45, 7) is 4.32. The summed E-state index contributed by atoms with van der Waals surface area (Å²) in [6.07, 6.45) is 7.13. The smallest absolute Gasteiger partial charge is 0.336 e. The molecule has 2 fully saturated rings. The average Bonchev–Trinajstić information content (AvgIpc) is 2.97. The van der Waals surface area contributed by atoms with Crippen LogP contribution >= 0.6 is 0 Å². The van der Waals surface area contributed by atoms with Gasteiger partial charge in [0.25, 0.3) is 0 Å². The van der Waals surface area contributed by atoms with E-state index in [2.05, 4.69) is 4.90 Å². The van der Waals surface area contributed by atoms with Gasteiger partial charge in [0.15, 0.2) is 0 Å². The Kier molecular flexibility index (Phi) is 8.99. The number of methoxy groups -OCH3 is 2. The molecular weight excluding hydrogens is 492 g/mol. The maximum Gasteiger partial charge on any atom is 0.336 e. The molecule has 2 saturated heterocycles. The fourth-order valence-corrected chi connectivity index (χ4v) is 6.47. The highest BCUT2D eigenvalue weighted by atomic mass is 16.5. The van der Waals surface area contributed by atoms with Gasteiger partial charge in [0.1, 0.15) is 11.3 Å². The van der Waals surface area contributed by atoms with Crippen LogP contribution in [0.3, 0.4) is 0 Å². The van der Waals surface area contributed by atoms with Crippen LogP contribution in [0.25, 0.3) is 22.1 Å². The van der Waals surface area contributed by atoms with Gasteiger partial charge in [-0.05, 0) is 73.9 Å². The summed E-state index contributed by atoms with van der Waals surface area (Å²) in [4.78, 5) is 30.6. The van der Waals surface area contributed by atoms with E-state index < -0.39 is 5.63 Å². The zero-order valence-electron chi connectivity index (χ0n) is 23.2. The van der Waals surface area contributed by atoms with Crippen molar-refractivity contribution in [2.75, 3.05) is 47.0 Å². The third kappa shape index (κ3) is 6.36. The molecule has 7 nitrogen and oxygen atoms in total. The van der Waals surface area contributed by atoms with Crippen molar-refractivity contribution in [2.45, 2.75) is 51.0 Å². The van der Waals surface area contributed by atoms with Crippen LogP contribution in [-0.4, -0.2) is 68.8 Å². The Balaban J connectivity index is 1.36. The molecule has 3 aromatic rings. The van der Waals surface area contributed by atoms with Crippen molar-refractivity contribution in [3.05, 3.63) is 64.5 Å². The van der Waals surface area contributed by atoms with E-state index in [1.54, 1.807) is 20.3 Å². The number of rotatable bonds is 10. The van der Waals surface area contributed by atoms with Crippen LogP contribution in [-0.2, 0) is 16.0 Å². The molecule has 3 heterocycles. The number of aryl methyl sites for hydroxylation is 1. The van der Waals surface area contributed by atoms with Crippen LogP contribution in [0.5, 0.6) is 5.75 Å². The van der Waals surface area contributed by atoms with Gasteiger partial charge in [-0.1, -0.05) is 36.8 Å². The summed E-state index contributed by atoms with van der Waals surface area (Å²) in [7, 11) is 3.30. The molecule has 1 amide bonds. The number of carbonyl (C=O) groups excluding carboxylic acids is 1. The van der Waals surface area contributed by atoms with E-state index in [0.717, 1.165) is 28.6 Å². The van der Waals surface area contributed by atoms with Crippen molar-refractivity contribution in [2.24, 2.45) is 5.92 Å². The first-order chi connectivity index (χ1) is 19.1. The number of hydrogen-bond acceptors (Lipinski definition) is 6. The lowest BCUT2D eigenvalue weighted by molar-refractivity contribution is -0.133. The van der Waals surface area contributed by atoms with Crippen LogP contribution in [0.4, 0.5) is 0 Å². The zero-order chi connectivity index (χ0) is 27.2. The van der Waals surface area contributed by atoms with Crippen molar-refractivity contribution in [3.63, 3.8) is 0 Å². The van der Waals surface area contributed by atoms with E-state index in [9.17, 15) is 9.59 Å². The standard InChI is InChI=1S/C32H40N2O5/c1-37-18-17-34(22-25-11-8-16-33-15-7-6-12-28(25)33)31(35)14-13-24-19-27-26(23-9-4-3-5-10-23)20-32(36)39-30(27)21-29(24)38-2/h3-5,9-10,19-21,25,28H,6-8,11-18,22H2,1-2H3/t25-,28+/m0/s1. The molecule has 0 radical (unpaired) electrons. The van der Waals surface area contributed by atoms with Crippen LogP contribution < -0.4 is 10.4 Å². The SMILES string of the molecule is COCCN(C[C@@H]1CCCN2CCCC[C@H]12)C(=O)CCc1cc2c(-c3ccccc3)cc(=O)oc2cc1OC. The first kappa shape index (κ1) is 27.4. The van der Waals surface area contributed by atoms with Crippen molar-refractivity contribution >= 4 is 16.9 Å². The minimum absolute atomic E-state index is 0.144. The molecule has 2 aliphatic rings. The Morgan fingerprint density at radius 2 is 1.87 bits per heavy atom. The number of ether oxygens (including phenoxy) is 2. The highest BCUT2D eigenvalue weighted by Crippen LogP contribution is 2.34. The second-order valence-electron chi connectivity index (χ2n) is 10.8. The van der Waals surface area contributed by atoms with E-state index >= 15 is 0 Å². The molecule has 1 aromatic heterocycles. The first-order valence-electron chi connectivity index (χ1n) is 14.3. The quantitative estimate of drug-likeness (QED) is 0.337. The molecule has 2 atom stereocenters. The number of fused-ring (bicyclic) bond motifs is 2. The molecule has 0 saturated carbocycles. The third-order valence-corrected chi connectivity index (χ3v) is 8.44. The van der Waals surface area contributed by atoms with Crippen LogP contribution in [0, 0.1) is 5.92 Å². The maximum atomic E-state index is 13.6. The Morgan fingerprint density at radius 1 is 1.05 bits per heavy atom. The normalized spacial score (nSPS) is 19.5.